The van der Waals surface area contributed by atoms with Crippen molar-refractivity contribution in [2.24, 2.45) is 0 Å². The van der Waals surface area contributed by atoms with E-state index in [1.165, 1.54) is 6.07 Å². The van der Waals surface area contributed by atoms with Crippen LogP contribution in [0.2, 0.25) is 0 Å². The van der Waals surface area contributed by atoms with Crippen molar-refractivity contribution in [2.75, 3.05) is 13.2 Å². The molecular weight excluding hydrogens is 354 g/mol. The lowest BCUT2D eigenvalue weighted by Crippen LogP contribution is -2.40. The number of benzene rings is 1. The predicted molar refractivity (Wildman–Crippen MR) is 74.1 cm³/mol. The molecule has 1 aromatic carbocycles. The maximum atomic E-state index is 12.1. The smallest absolute Gasteiger partial charge is 0.336 e. The number of rotatable bonds is 6. The highest BCUT2D eigenvalue weighted by molar-refractivity contribution is 9.10. The molecule has 0 saturated heterocycles. The second-order valence-electron chi connectivity index (χ2n) is 4.07. The van der Waals surface area contributed by atoms with Crippen molar-refractivity contribution in [1.29, 1.82) is 0 Å². The lowest BCUT2D eigenvalue weighted by Gasteiger charge is -2.15. The highest BCUT2D eigenvalue weighted by Crippen LogP contribution is 2.25. The fourth-order valence-electron chi connectivity index (χ4n) is 1.45. The van der Waals surface area contributed by atoms with Gasteiger partial charge in [-0.25, -0.2) is 17.9 Å². The molecule has 4 N–H and O–H groups in total. The first-order valence-corrected chi connectivity index (χ1v) is 7.78. The molecule has 20 heavy (non-hydrogen) atoms. The standard InChI is InChI=1S/C11H14BrNO6S/c1-6-9(11(16)17)2-8(3-10(6)12)20(18,19)13-7(4-14)5-15/h2-3,7,13-15H,4-5H2,1H3,(H,16,17). The van der Waals surface area contributed by atoms with Gasteiger partial charge in [0.2, 0.25) is 10.0 Å². The molecule has 9 heteroatoms. The number of carbonyl (C=O) groups is 1. The number of halogens is 1. The summed E-state index contributed by atoms with van der Waals surface area (Å²) >= 11 is 3.10. The van der Waals surface area contributed by atoms with Gasteiger partial charge in [0.1, 0.15) is 0 Å². The number of aromatic carboxylic acids is 1. The lowest BCUT2D eigenvalue weighted by molar-refractivity contribution is 0.0695. The van der Waals surface area contributed by atoms with Gasteiger partial charge in [0.25, 0.3) is 0 Å². The largest absolute Gasteiger partial charge is 0.478 e. The Labute approximate surface area is 124 Å². The zero-order valence-corrected chi connectivity index (χ0v) is 12.9. The SMILES string of the molecule is Cc1c(Br)cc(S(=O)(=O)NC(CO)CO)cc1C(=O)O. The molecule has 112 valence electrons. The van der Waals surface area contributed by atoms with E-state index in [4.69, 9.17) is 15.3 Å². The molecule has 0 radical (unpaired) electrons. The van der Waals surface area contributed by atoms with E-state index in [0.29, 0.717) is 10.0 Å². The minimum Gasteiger partial charge on any atom is -0.478 e. The minimum atomic E-state index is -4.04. The summed E-state index contributed by atoms with van der Waals surface area (Å²) in [6, 6.07) is 1.24. The van der Waals surface area contributed by atoms with Crippen LogP contribution in [0, 0.1) is 6.92 Å². The Morgan fingerprint density at radius 3 is 2.35 bits per heavy atom. The maximum Gasteiger partial charge on any atom is 0.336 e. The van der Waals surface area contributed by atoms with Gasteiger partial charge in [0.05, 0.1) is 29.7 Å². The van der Waals surface area contributed by atoms with E-state index >= 15 is 0 Å². The first-order valence-electron chi connectivity index (χ1n) is 5.50. The number of aliphatic hydroxyl groups is 2. The Bertz CT molecular complexity index is 612. The molecule has 0 aliphatic carbocycles. The molecule has 0 aliphatic heterocycles. The van der Waals surface area contributed by atoms with Crippen LogP contribution in [0.25, 0.3) is 0 Å². The second kappa shape index (κ2) is 6.64. The van der Waals surface area contributed by atoms with Crippen LogP contribution in [0.4, 0.5) is 0 Å². The van der Waals surface area contributed by atoms with Crippen molar-refractivity contribution < 1.29 is 28.5 Å². The number of carboxylic acids is 1. The van der Waals surface area contributed by atoms with Crippen LogP contribution >= 0.6 is 15.9 Å². The minimum absolute atomic E-state index is 0.149. The van der Waals surface area contributed by atoms with E-state index in [1.807, 2.05) is 0 Å². The first-order chi connectivity index (χ1) is 9.22. The Kier molecular flexibility index (Phi) is 5.66. The highest BCUT2D eigenvalue weighted by atomic mass is 79.9. The van der Waals surface area contributed by atoms with Crippen LogP contribution in [0.5, 0.6) is 0 Å². The number of aliphatic hydroxyl groups excluding tert-OH is 2. The third-order valence-corrected chi connectivity index (χ3v) is 4.94. The normalized spacial score (nSPS) is 11.8. The van der Waals surface area contributed by atoms with Crippen molar-refractivity contribution in [2.45, 2.75) is 17.9 Å². The highest BCUT2D eigenvalue weighted by Gasteiger charge is 2.22. The fourth-order valence-corrected chi connectivity index (χ4v) is 3.33. The molecule has 0 bridgehead atoms. The zero-order valence-electron chi connectivity index (χ0n) is 10.5. The average molecular weight is 368 g/mol. The number of carboxylic acid groups (broad SMARTS) is 1. The number of hydrogen-bond donors (Lipinski definition) is 4. The monoisotopic (exact) mass is 367 g/mol. The fraction of sp³-hybridized carbons (Fsp3) is 0.364. The number of nitrogens with one attached hydrogen (secondary N) is 1. The molecule has 0 unspecified atom stereocenters. The third kappa shape index (κ3) is 3.76. The number of sulfonamides is 1. The first kappa shape index (κ1) is 17.1. The van der Waals surface area contributed by atoms with Gasteiger partial charge >= 0.3 is 5.97 Å². The summed E-state index contributed by atoms with van der Waals surface area (Å²) < 4.78 is 26.5. The van der Waals surface area contributed by atoms with E-state index in [9.17, 15) is 13.2 Å². The molecule has 0 aromatic heterocycles. The van der Waals surface area contributed by atoms with E-state index in [0.717, 1.165) is 6.07 Å². The Morgan fingerprint density at radius 1 is 1.35 bits per heavy atom. The molecule has 7 nitrogen and oxygen atoms in total. The van der Waals surface area contributed by atoms with E-state index in [-0.39, 0.29) is 10.5 Å². The van der Waals surface area contributed by atoms with Crippen LogP contribution in [-0.4, -0.2) is 49.0 Å². The van der Waals surface area contributed by atoms with Gasteiger partial charge in [0.15, 0.2) is 0 Å². The van der Waals surface area contributed by atoms with Crippen LogP contribution in [0.3, 0.4) is 0 Å². The molecule has 0 amide bonds. The van der Waals surface area contributed by atoms with Crippen molar-refractivity contribution in [3.8, 4) is 0 Å². The van der Waals surface area contributed by atoms with Gasteiger partial charge in [-0.3, -0.25) is 0 Å². The van der Waals surface area contributed by atoms with Gasteiger partial charge in [-0.15, -0.1) is 0 Å². The van der Waals surface area contributed by atoms with Crippen molar-refractivity contribution in [3.63, 3.8) is 0 Å². The molecule has 0 aliphatic rings. The summed E-state index contributed by atoms with van der Waals surface area (Å²) in [6.45, 7) is 0.394. The summed E-state index contributed by atoms with van der Waals surface area (Å²) in [5, 5.41) is 26.8. The predicted octanol–water partition coefficient (Wildman–Crippen LogP) is 0.0872. The van der Waals surface area contributed by atoms with Gasteiger partial charge in [0, 0.05) is 4.47 Å². The number of hydrogen-bond acceptors (Lipinski definition) is 5. The molecule has 0 atom stereocenters. The molecule has 0 heterocycles. The Balaban J connectivity index is 3.29. The molecular formula is C11H14BrNO6S. The maximum absolute atomic E-state index is 12.1. The topological polar surface area (TPSA) is 124 Å². The average Bonchev–Trinajstić information content (AvgIpc) is 2.38. The summed E-state index contributed by atoms with van der Waals surface area (Å²) in [7, 11) is -4.04. The van der Waals surface area contributed by atoms with Gasteiger partial charge in [-0.2, -0.15) is 0 Å². The van der Waals surface area contributed by atoms with Crippen molar-refractivity contribution in [1.82, 2.24) is 4.72 Å². The van der Waals surface area contributed by atoms with Crippen molar-refractivity contribution >= 4 is 31.9 Å². The quantitative estimate of drug-likeness (QED) is 0.564. The second-order valence-corrected chi connectivity index (χ2v) is 6.63. The summed E-state index contributed by atoms with van der Waals surface area (Å²) in [5.74, 6) is -1.25. The van der Waals surface area contributed by atoms with E-state index in [2.05, 4.69) is 20.7 Å². The Hall–Kier alpha value is -1.00. The van der Waals surface area contributed by atoms with Crippen molar-refractivity contribution in [3.05, 3.63) is 27.7 Å². The summed E-state index contributed by atoms with van der Waals surface area (Å²) in [6.07, 6.45) is 0. The summed E-state index contributed by atoms with van der Waals surface area (Å²) in [4.78, 5) is 10.8. The molecule has 1 aromatic rings. The lowest BCUT2D eigenvalue weighted by atomic mass is 10.1. The molecule has 1 rings (SSSR count). The molecule has 0 saturated carbocycles. The van der Waals surface area contributed by atoms with E-state index in [1.54, 1.807) is 6.92 Å². The third-order valence-electron chi connectivity index (χ3n) is 2.62. The molecule has 0 spiro atoms. The summed E-state index contributed by atoms with van der Waals surface area (Å²) in [5.41, 5.74) is 0.251. The van der Waals surface area contributed by atoms with Gasteiger partial charge in [-0.05, 0) is 24.6 Å². The van der Waals surface area contributed by atoms with Crippen LogP contribution in [-0.2, 0) is 10.0 Å². The molecule has 0 fully saturated rings. The van der Waals surface area contributed by atoms with Gasteiger partial charge < -0.3 is 15.3 Å². The van der Waals surface area contributed by atoms with Crippen LogP contribution in [0.15, 0.2) is 21.5 Å². The Morgan fingerprint density at radius 2 is 1.90 bits per heavy atom. The van der Waals surface area contributed by atoms with E-state index < -0.39 is 35.2 Å². The van der Waals surface area contributed by atoms with Gasteiger partial charge in [-0.1, -0.05) is 15.9 Å². The van der Waals surface area contributed by atoms with Crippen LogP contribution in [0.1, 0.15) is 15.9 Å². The van der Waals surface area contributed by atoms with Crippen LogP contribution < -0.4 is 4.72 Å². The zero-order chi connectivity index (χ0) is 15.5.